The average molecular weight is 459 g/mol. The minimum absolute atomic E-state index is 0.0439. The molecule has 1 N–H and O–H groups in total. The monoisotopic (exact) mass is 458 g/mol. The first-order chi connectivity index (χ1) is 13.6. The van der Waals surface area contributed by atoms with Crippen molar-refractivity contribution in [3.05, 3.63) is 47.0 Å². The van der Waals surface area contributed by atoms with E-state index in [1.54, 1.807) is 32.0 Å². The van der Waals surface area contributed by atoms with Gasteiger partial charge < -0.3 is 4.74 Å². The van der Waals surface area contributed by atoms with Gasteiger partial charge in [-0.2, -0.15) is 0 Å². The van der Waals surface area contributed by atoms with Gasteiger partial charge in [0.05, 0.1) is 23.7 Å². The van der Waals surface area contributed by atoms with Crippen molar-refractivity contribution in [3.8, 4) is 5.75 Å². The lowest BCUT2D eigenvalue weighted by atomic mass is 10.2. The molecule has 1 aliphatic rings. The van der Waals surface area contributed by atoms with Crippen molar-refractivity contribution in [1.82, 2.24) is 0 Å². The third-order valence-corrected chi connectivity index (χ3v) is 8.09. The Morgan fingerprint density at radius 2 is 1.93 bits per heavy atom. The first-order valence-electron chi connectivity index (χ1n) is 9.20. The van der Waals surface area contributed by atoms with Gasteiger partial charge in [-0.1, -0.05) is 17.7 Å². The highest BCUT2D eigenvalue weighted by Crippen LogP contribution is 2.33. The summed E-state index contributed by atoms with van der Waals surface area (Å²) in [7, 11) is -7.53. The fourth-order valence-corrected chi connectivity index (χ4v) is 6.21. The predicted octanol–water partition coefficient (Wildman–Crippen LogP) is 3.78. The van der Waals surface area contributed by atoms with Gasteiger partial charge in [-0.15, -0.1) is 0 Å². The molecule has 0 radical (unpaired) electrons. The van der Waals surface area contributed by atoms with Crippen LogP contribution < -0.4 is 13.8 Å². The smallest absolute Gasteiger partial charge is 0.265 e. The van der Waals surface area contributed by atoms with Crippen molar-refractivity contribution in [2.75, 3.05) is 27.9 Å². The molecule has 0 unspecified atom stereocenters. The number of benzene rings is 2. The van der Waals surface area contributed by atoms with Gasteiger partial charge in [-0.05, 0) is 62.6 Å². The maximum absolute atomic E-state index is 13.2. The first kappa shape index (κ1) is 21.7. The Balaban J connectivity index is 2.06. The van der Waals surface area contributed by atoms with E-state index in [4.69, 9.17) is 16.3 Å². The number of hydrogen-bond donors (Lipinski definition) is 1. The first-order valence-corrected chi connectivity index (χ1v) is 12.7. The molecule has 1 fully saturated rings. The second-order valence-electron chi connectivity index (χ2n) is 6.72. The molecule has 1 saturated heterocycles. The number of ether oxygens (including phenoxy) is 1. The molecular formula is C19H23ClN2O5S2. The summed E-state index contributed by atoms with van der Waals surface area (Å²) in [5.41, 5.74) is 1.35. The minimum atomic E-state index is -4.06. The van der Waals surface area contributed by atoms with Crippen LogP contribution in [0.3, 0.4) is 0 Å². The summed E-state index contributed by atoms with van der Waals surface area (Å²) in [6, 6.07) is 9.30. The van der Waals surface area contributed by atoms with Crippen molar-refractivity contribution in [2.45, 2.75) is 31.6 Å². The molecule has 0 spiro atoms. The van der Waals surface area contributed by atoms with Gasteiger partial charge in [0.15, 0.2) is 0 Å². The minimum Gasteiger partial charge on any atom is -0.492 e. The molecule has 158 valence electrons. The molecule has 10 heteroatoms. The summed E-state index contributed by atoms with van der Waals surface area (Å²) >= 11 is 6.00. The quantitative estimate of drug-likeness (QED) is 0.711. The normalized spacial score (nSPS) is 16.4. The number of sulfonamides is 2. The fraction of sp³-hybridized carbons (Fsp3) is 0.368. The van der Waals surface area contributed by atoms with Crippen LogP contribution in [0.15, 0.2) is 41.3 Å². The molecule has 0 bridgehead atoms. The summed E-state index contributed by atoms with van der Waals surface area (Å²) in [4.78, 5) is -0.128. The highest BCUT2D eigenvalue weighted by atomic mass is 35.5. The van der Waals surface area contributed by atoms with Gasteiger partial charge in [0, 0.05) is 11.6 Å². The van der Waals surface area contributed by atoms with Gasteiger partial charge in [0.1, 0.15) is 10.6 Å². The van der Waals surface area contributed by atoms with Crippen molar-refractivity contribution >= 4 is 43.0 Å². The number of aryl methyl sites for hydroxylation is 1. The molecule has 0 aliphatic carbocycles. The Hall–Kier alpha value is -1.97. The summed E-state index contributed by atoms with van der Waals surface area (Å²) in [5, 5.41) is 0.395. The Morgan fingerprint density at radius 3 is 2.62 bits per heavy atom. The van der Waals surface area contributed by atoms with E-state index in [2.05, 4.69) is 4.72 Å². The fourth-order valence-electron chi connectivity index (χ4n) is 3.12. The van der Waals surface area contributed by atoms with Crippen LogP contribution in [0.25, 0.3) is 0 Å². The largest absolute Gasteiger partial charge is 0.492 e. The lowest BCUT2D eigenvalue weighted by Crippen LogP contribution is -2.38. The zero-order valence-electron chi connectivity index (χ0n) is 16.2. The summed E-state index contributed by atoms with van der Waals surface area (Å²) < 4.78 is 60.5. The maximum atomic E-state index is 13.2. The zero-order chi connectivity index (χ0) is 21.2. The molecule has 3 rings (SSSR count). The van der Waals surface area contributed by atoms with Crippen molar-refractivity contribution in [2.24, 2.45) is 0 Å². The Kier molecular flexibility index (Phi) is 6.30. The Morgan fingerprint density at radius 1 is 1.17 bits per heavy atom. The van der Waals surface area contributed by atoms with Crippen LogP contribution in [-0.4, -0.2) is 35.7 Å². The van der Waals surface area contributed by atoms with E-state index in [0.29, 0.717) is 41.3 Å². The number of hydrogen-bond acceptors (Lipinski definition) is 5. The van der Waals surface area contributed by atoms with Crippen molar-refractivity contribution in [3.63, 3.8) is 0 Å². The zero-order valence-corrected chi connectivity index (χ0v) is 18.6. The van der Waals surface area contributed by atoms with Crippen molar-refractivity contribution < 1.29 is 21.6 Å². The molecule has 0 atom stereocenters. The molecule has 2 aromatic rings. The molecular weight excluding hydrogens is 436 g/mol. The molecule has 0 amide bonds. The SMILES string of the molecule is CCOc1ccc(N2CCCCS2(=O)=O)cc1S(=O)(=O)Nc1cc(Cl)ccc1C. The molecule has 1 heterocycles. The standard InChI is InChI=1S/C19H23ClN2O5S2/c1-3-27-18-9-8-16(22-10-4-5-11-28(22,23)24)13-19(18)29(25,26)21-17-12-15(20)7-6-14(17)2/h6-9,12-13,21H,3-5,10-11H2,1-2H3. The highest BCUT2D eigenvalue weighted by molar-refractivity contribution is 7.93. The average Bonchev–Trinajstić information content (AvgIpc) is 2.65. The summed E-state index contributed by atoms with van der Waals surface area (Å²) in [6.45, 7) is 4.08. The predicted molar refractivity (Wildman–Crippen MR) is 115 cm³/mol. The topological polar surface area (TPSA) is 92.8 Å². The van der Waals surface area contributed by atoms with Crippen LogP contribution in [0.1, 0.15) is 25.3 Å². The van der Waals surface area contributed by atoms with E-state index < -0.39 is 20.0 Å². The maximum Gasteiger partial charge on any atom is 0.265 e. The lowest BCUT2D eigenvalue weighted by Gasteiger charge is -2.29. The molecule has 7 nitrogen and oxygen atoms in total. The van der Waals surface area contributed by atoms with Crippen LogP contribution in [0.5, 0.6) is 5.75 Å². The van der Waals surface area contributed by atoms with Crippen molar-refractivity contribution in [1.29, 1.82) is 0 Å². The van der Waals surface area contributed by atoms with Crippen LogP contribution >= 0.6 is 11.6 Å². The summed E-state index contributed by atoms with van der Waals surface area (Å²) in [5.74, 6) is 0.195. The van der Waals surface area contributed by atoms with E-state index >= 15 is 0 Å². The van der Waals surface area contributed by atoms with Gasteiger partial charge in [0.2, 0.25) is 10.0 Å². The summed E-state index contributed by atoms with van der Waals surface area (Å²) in [6.07, 6.45) is 1.31. The number of nitrogens with zero attached hydrogens (tertiary/aromatic N) is 1. The lowest BCUT2D eigenvalue weighted by molar-refractivity contribution is 0.331. The third kappa shape index (κ3) is 4.79. The number of rotatable bonds is 6. The third-order valence-electron chi connectivity index (χ3n) is 4.60. The molecule has 2 aromatic carbocycles. The van der Waals surface area contributed by atoms with Crippen LogP contribution in [-0.2, 0) is 20.0 Å². The molecule has 1 aliphatic heterocycles. The van der Waals surface area contributed by atoms with Gasteiger partial charge in [-0.3, -0.25) is 9.03 Å². The van der Waals surface area contributed by atoms with Gasteiger partial charge in [0.25, 0.3) is 10.0 Å². The van der Waals surface area contributed by atoms with Crippen LogP contribution in [0.2, 0.25) is 5.02 Å². The second kappa shape index (κ2) is 8.41. The molecule has 0 aromatic heterocycles. The highest BCUT2D eigenvalue weighted by Gasteiger charge is 2.29. The Bertz CT molecular complexity index is 1120. The van der Waals surface area contributed by atoms with E-state index in [0.717, 1.165) is 0 Å². The number of nitrogens with one attached hydrogen (secondary N) is 1. The molecule has 29 heavy (non-hydrogen) atoms. The van der Waals surface area contributed by atoms with Crippen LogP contribution in [0.4, 0.5) is 11.4 Å². The number of anilines is 2. The van der Waals surface area contributed by atoms with E-state index in [1.807, 2.05) is 0 Å². The molecule has 0 saturated carbocycles. The van der Waals surface area contributed by atoms with Crippen LogP contribution in [0, 0.1) is 6.92 Å². The Labute approximate surface area is 176 Å². The van der Waals surface area contributed by atoms with Gasteiger partial charge in [-0.25, -0.2) is 16.8 Å². The van der Waals surface area contributed by atoms with E-state index in [-0.39, 0.29) is 23.0 Å². The van der Waals surface area contributed by atoms with E-state index in [1.165, 1.54) is 22.5 Å². The number of halogens is 1. The second-order valence-corrected chi connectivity index (χ2v) is 10.8. The van der Waals surface area contributed by atoms with E-state index in [9.17, 15) is 16.8 Å². The van der Waals surface area contributed by atoms with Gasteiger partial charge >= 0.3 is 0 Å².